The highest BCUT2D eigenvalue weighted by Crippen LogP contribution is 2.11. The van der Waals surface area contributed by atoms with Crippen molar-refractivity contribution in [2.24, 2.45) is 0 Å². The molecule has 0 aromatic heterocycles. The molecule has 0 aliphatic carbocycles. The Morgan fingerprint density at radius 1 is 1.21 bits per heavy atom. The van der Waals surface area contributed by atoms with Gasteiger partial charge in [-0.05, 0) is 38.8 Å². The SMILES string of the molecule is O=C(CN1CCCCCCC1=O)NC1CCNCC1. The molecule has 0 atom stereocenters. The van der Waals surface area contributed by atoms with E-state index in [4.69, 9.17) is 0 Å². The minimum atomic E-state index is 0.000762. The molecule has 5 nitrogen and oxygen atoms in total. The van der Waals surface area contributed by atoms with E-state index in [0.29, 0.717) is 6.42 Å². The number of nitrogens with zero attached hydrogens (tertiary/aromatic N) is 1. The van der Waals surface area contributed by atoms with Gasteiger partial charge in [-0.1, -0.05) is 12.8 Å². The fourth-order valence-electron chi connectivity index (χ4n) is 2.80. The summed E-state index contributed by atoms with van der Waals surface area (Å²) in [5.41, 5.74) is 0. The van der Waals surface area contributed by atoms with Crippen LogP contribution < -0.4 is 10.6 Å². The van der Waals surface area contributed by atoms with Gasteiger partial charge in [0.15, 0.2) is 0 Å². The summed E-state index contributed by atoms with van der Waals surface area (Å²) in [7, 11) is 0. The fraction of sp³-hybridized carbons (Fsp3) is 0.857. The van der Waals surface area contributed by atoms with Gasteiger partial charge in [0.1, 0.15) is 0 Å². The molecule has 0 aromatic rings. The van der Waals surface area contributed by atoms with Gasteiger partial charge in [0, 0.05) is 19.0 Å². The van der Waals surface area contributed by atoms with E-state index in [1.807, 2.05) is 0 Å². The average Bonchev–Trinajstić information content (AvgIpc) is 2.40. The molecule has 0 spiro atoms. The summed E-state index contributed by atoms with van der Waals surface area (Å²) in [6.45, 7) is 2.91. The van der Waals surface area contributed by atoms with E-state index in [0.717, 1.165) is 51.7 Å². The van der Waals surface area contributed by atoms with Crippen LogP contribution in [0.1, 0.15) is 44.9 Å². The molecular formula is C14H25N3O2. The largest absolute Gasteiger partial charge is 0.352 e. The standard InChI is InChI=1S/C14H25N3O2/c18-13(16-12-6-8-15-9-7-12)11-17-10-4-2-1-3-5-14(17)19/h12,15H,1-11H2,(H,16,18). The van der Waals surface area contributed by atoms with Gasteiger partial charge in [0.05, 0.1) is 6.54 Å². The van der Waals surface area contributed by atoms with Crippen molar-refractivity contribution in [2.45, 2.75) is 51.0 Å². The predicted molar refractivity (Wildman–Crippen MR) is 73.7 cm³/mol. The fourth-order valence-corrected chi connectivity index (χ4v) is 2.80. The number of nitrogens with one attached hydrogen (secondary N) is 2. The van der Waals surface area contributed by atoms with Gasteiger partial charge in [-0.2, -0.15) is 0 Å². The first-order valence-corrected chi connectivity index (χ1v) is 7.53. The molecule has 2 aliphatic rings. The number of rotatable bonds is 3. The molecular weight excluding hydrogens is 242 g/mol. The van der Waals surface area contributed by atoms with Gasteiger partial charge < -0.3 is 15.5 Å². The number of carbonyl (C=O) groups is 2. The van der Waals surface area contributed by atoms with Crippen LogP contribution in [0.3, 0.4) is 0 Å². The molecule has 0 aromatic carbocycles. The molecule has 2 fully saturated rings. The third-order valence-corrected chi connectivity index (χ3v) is 3.96. The maximum atomic E-state index is 12.0. The molecule has 2 heterocycles. The van der Waals surface area contributed by atoms with Crippen molar-refractivity contribution in [3.05, 3.63) is 0 Å². The highest BCUT2D eigenvalue weighted by molar-refractivity contribution is 5.85. The second-order valence-corrected chi connectivity index (χ2v) is 5.57. The van der Waals surface area contributed by atoms with Crippen molar-refractivity contribution in [2.75, 3.05) is 26.2 Å². The smallest absolute Gasteiger partial charge is 0.239 e. The predicted octanol–water partition coefficient (Wildman–Crippen LogP) is 0.647. The van der Waals surface area contributed by atoms with Crippen LogP contribution in [0.25, 0.3) is 0 Å². The van der Waals surface area contributed by atoms with Crippen molar-refractivity contribution < 1.29 is 9.59 Å². The summed E-state index contributed by atoms with van der Waals surface area (Å²) in [5.74, 6) is 0.140. The molecule has 108 valence electrons. The van der Waals surface area contributed by atoms with Crippen LogP contribution >= 0.6 is 0 Å². The van der Waals surface area contributed by atoms with Crippen LogP contribution in [-0.4, -0.2) is 48.9 Å². The maximum Gasteiger partial charge on any atom is 0.239 e. The number of carbonyl (C=O) groups excluding carboxylic acids is 2. The second kappa shape index (κ2) is 7.48. The minimum absolute atomic E-state index is 0.000762. The lowest BCUT2D eigenvalue weighted by Gasteiger charge is -2.27. The van der Waals surface area contributed by atoms with Crippen LogP contribution in [0.2, 0.25) is 0 Å². The summed E-state index contributed by atoms with van der Waals surface area (Å²) in [6.07, 6.45) is 6.86. The quantitative estimate of drug-likeness (QED) is 0.789. The Hall–Kier alpha value is -1.10. The summed E-state index contributed by atoms with van der Waals surface area (Å²) in [6, 6.07) is 0.276. The monoisotopic (exact) mass is 267 g/mol. The van der Waals surface area contributed by atoms with Gasteiger partial charge in [0.2, 0.25) is 11.8 Å². The second-order valence-electron chi connectivity index (χ2n) is 5.57. The van der Waals surface area contributed by atoms with E-state index in [-0.39, 0.29) is 24.4 Å². The Morgan fingerprint density at radius 2 is 1.95 bits per heavy atom. The third-order valence-electron chi connectivity index (χ3n) is 3.96. The van der Waals surface area contributed by atoms with Crippen molar-refractivity contribution in [3.63, 3.8) is 0 Å². The molecule has 2 N–H and O–H groups in total. The van der Waals surface area contributed by atoms with Gasteiger partial charge in [-0.15, -0.1) is 0 Å². The zero-order valence-electron chi connectivity index (χ0n) is 11.6. The summed E-state index contributed by atoms with van der Waals surface area (Å²) >= 11 is 0. The minimum Gasteiger partial charge on any atom is -0.352 e. The number of likely N-dealkylation sites (tertiary alicyclic amines) is 1. The van der Waals surface area contributed by atoms with Crippen molar-refractivity contribution in [3.8, 4) is 0 Å². The summed E-state index contributed by atoms with van der Waals surface area (Å²) in [5, 5.41) is 6.33. The normalized spacial score (nSPS) is 22.7. The molecule has 0 saturated carbocycles. The van der Waals surface area contributed by atoms with Crippen molar-refractivity contribution in [1.29, 1.82) is 0 Å². The Kier molecular flexibility index (Phi) is 5.63. The molecule has 0 radical (unpaired) electrons. The van der Waals surface area contributed by atoms with Crippen LogP contribution in [0.4, 0.5) is 0 Å². The lowest BCUT2D eigenvalue weighted by Crippen LogP contribution is -2.47. The van der Waals surface area contributed by atoms with Crippen LogP contribution in [0.5, 0.6) is 0 Å². The van der Waals surface area contributed by atoms with E-state index < -0.39 is 0 Å². The molecule has 19 heavy (non-hydrogen) atoms. The van der Waals surface area contributed by atoms with E-state index in [2.05, 4.69) is 10.6 Å². The van der Waals surface area contributed by atoms with Crippen LogP contribution in [-0.2, 0) is 9.59 Å². The molecule has 5 heteroatoms. The number of amides is 2. The number of hydrogen-bond donors (Lipinski definition) is 2. The van der Waals surface area contributed by atoms with Gasteiger partial charge in [-0.25, -0.2) is 0 Å². The van der Waals surface area contributed by atoms with Gasteiger partial charge >= 0.3 is 0 Å². The van der Waals surface area contributed by atoms with Gasteiger partial charge in [0.25, 0.3) is 0 Å². The molecule has 2 amide bonds. The summed E-state index contributed by atoms with van der Waals surface area (Å²) in [4.78, 5) is 25.7. The molecule has 2 aliphatic heterocycles. The molecule has 0 unspecified atom stereocenters. The van der Waals surface area contributed by atoms with Crippen molar-refractivity contribution in [1.82, 2.24) is 15.5 Å². The zero-order valence-corrected chi connectivity index (χ0v) is 11.6. The molecule has 0 bridgehead atoms. The Bertz CT molecular complexity index is 314. The Balaban J connectivity index is 1.77. The highest BCUT2D eigenvalue weighted by atomic mass is 16.2. The molecule has 2 rings (SSSR count). The molecule has 2 saturated heterocycles. The number of piperidine rings is 1. The Labute approximate surface area is 115 Å². The topological polar surface area (TPSA) is 61.4 Å². The first-order valence-electron chi connectivity index (χ1n) is 7.53. The first-order chi connectivity index (χ1) is 9.25. The third kappa shape index (κ3) is 4.82. The lowest BCUT2D eigenvalue weighted by molar-refractivity contribution is -0.136. The average molecular weight is 267 g/mol. The van der Waals surface area contributed by atoms with E-state index in [9.17, 15) is 9.59 Å². The summed E-state index contributed by atoms with van der Waals surface area (Å²) < 4.78 is 0. The van der Waals surface area contributed by atoms with Crippen LogP contribution in [0, 0.1) is 0 Å². The van der Waals surface area contributed by atoms with Gasteiger partial charge in [-0.3, -0.25) is 9.59 Å². The number of hydrogen-bond acceptors (Lipinski definition) is 3. The lowest BCUT2D eigenvalue weighted by atomic mass is 10.1. The van der Waals surface area contributed by atoms with E-state index in [1.54, 1.807) is 4.90 Å². The first kappa shape index (κ1) is 14.3. The maximum absolute atomic E-state index is 12.0. The zero-order chi connectivity index (χ0) is 13.5. The highest BCUT2D eigenvalue weighted by Gasteiger charge is 2.20. The van der Waals surface area contributed by atoms with E-state index >= 15 is 0 Å². The van der Waals surface area contributed by atoms with Crippen molar-refractivity contribution >= 4 is 11.8 Å². The van der Waals surface area contributed by atoms with Crippen LogP contribution in [0.15, 0.2) is 0 Å². The van der Waals surface area contributed by atoms with E-state index in [1.165, 1.54) is 6.42 Å². The Morgan fingerprint density at radius 3 is 2.74 bits per heavy atom.